The normalized spacial score (nSPS) is 30.6. The van der Waals surface area contributed by atoms with Crippen molar-refractivity contribution in [1.29, 1.82) is 0 Å². The molecule has 1 rings (SSSR count). The average Bonchev–Trinajstić information content (AvgIpc) is 1.97. The van der Waals surface area contributed by atoms with Gasteiger partial charge in [0, 0.05) is 13.1 Å². The first kappa shape index (κ1) is 12.0. The monoisotopic (exact) mass is 199 g/mol. The summed E-state index contributed by atoms with van der Waals surface area (Å²) in [5, 5.41) is 0. The van der Waals surface area contributed by atoms with E-state index in [1.165, 1.54) is 13.0 Å². The molecule has 1 saturated heterocycles. The van der Waals surface area contributed by atoms with Gasteiger partial charge in [-0.2, -0.15) is 0 Å². The van der Waals surface area contributed by atoms with Crippen LogP contribution in [-0.2, 0) is 4.74 Å². The van der Waals surface area contributed by atoms with Gasteiger partial charge in [0.15, 0.2) is 0 Å². The summed E-state index contributed by atoms with van der Waals surface area (Å²) in [6, 6.07) is 0. The van der Waals surface area contributed by atoms with Crippen LogP contribution in [0.3, 0.4) is 0 Å². The summed E-state index contributed by atoms with van der Waals surface area (Å²) in [5.41, 5.74) is 0.449. The second kappa shape index (κ2) is 4.63. The number of hydrogen-bond donors (Lipinski definition) is 0. The van der Waals surface area contributed by atoms with Crippen molar-refractivity contribution in [3.63, 3.8) is 0 Å². The van der Waals surface area contributed by atoms with Crippen LogP contribution in [0.1, 0.15) is 41.0 Å². The van der Waals surface area contributed by atoms with Crippen LogP contribution in [-0.4, -0.2) is 36.7 Å². The highest BCUT2D eigenvalue weighted by Gasteiger charge is 2.23. The molecule has 0 aromatic carbocycles. The molecule has 0 spiro atoms. The Labute approximate surface area is 88.6 Å². The van der Waals surface area contributed by atoms with Crippen LogP contribution in [0.15, 0.2) is 0 Å². The largest absolute Gasteiger partial charge is 0.373 e. The van der Waals surface area contributed by atoms with E-state index in [0.717, 1.165) is 13.1 Å². The standard InChI is InChI=1S/C12H25NO/c1-10-8-13(9-11(2)14-10)7-6-12(3,4)5/h10-11H,6-9H2,1-5H3/t10-,11-/m0/s1. The minimum absolute atomic E-state index is 0.402. The average molecular weight is 199 g/mol. The molecule has 0 radical (unpaired) electrons. The summed E-state index contributed by atoms with van der Waals surface area (Å²) >= 11 is 0. The molecule has 0 aromatic rings. The zero-order valence-electron chi connectivity index (χ0n) is 10.3. The van der Waals surface area contributed by atoms with Gasteiger partial charge in [0.25, 0.3) is 0 Å². The van der Waals surface area contributed by atoms with Gasteiger partial charge < -0.3 is 4.74 Å². The predicted octanol–water partition coefficient (Wildman–Crippen LogP) is 2.53. The molecule has 0 aromatic heterocycles. The van der Waals surface area contributed by atoms with E-state index < -0.39 is 0 Å². The van der Waals surface area contributed by atoms with E-state index in [1.807, 2.05) is 0 Å². The minimum atomic E-state index is 0.402. The van der Waals surface area contributed by atoms with Gasteiger partial charge in [-0.15, -0.1) is 0 Å². The molecule has 0 unspecified atom stereocenters. The Kier molecular flexibility index (Phi) is 3.96. The third kappa shape index (κ3) is 4.43. The van der Waals surface area contributed by atoms with Crippen LogP contribution >= 0.6 is 0 Å². The Bertz CT molecular complexity index is 164. The number of nitrogens with zero attached hydrogens (tertiary/aromatic N) is 1. The molecule has 1 aliphatic rings. The third-order valence-corrected chi connectivity index (χ3v) is 2.67. The van der Waals surface area contributed by atoms with E-state index >= 15 is 0 Å². The van der Waals surface area contributed by atoms with Crippen LogP contribution in [0.5, 0.6) is 0 Å². The van der Waals surface area contributed by atoms with Gasteiger partial charge >= 0.3 is 0 Å². The maximum atomic E-state index is 5.71. The van der Waals surface area contributed by atoms with E-state index in [1.54, 1.807) is 0 Å². The summed E-state index contributed by atoms with van der Waals surface area (Å²) in [5.74, 6) is 0. The van der Waals surface area contributed by atoms with Gasteiger partial charge in [0.05, 0.1) is 12.2 Å². The van der Waals surface area contributed by atoms with Crippen molar-refractivity contribution in [2.75, 3.05) is 19.6 Å². The lowest BCUT2D eigenvalue weighted by Crippen LogP contribution is -2.46. The molecule has 0 N–H and O–H groups in total. The summed E-state index contributed by atoms with van der Waals surface area (Å²) in [4.78, 5) is 2.53. The molecular formula is C12H25NO. The molecule has 2 nitrogen and oxygen atoms in total. The summed E-state index contributed by atoms with van der Waals surface area (Å²) in [6.07, 6.45) is 2.07. The van der Waals surface area contributed by atoms with Gasteiger partial charge in [-0.1, -0.05) is 20.8 Å². The van der Waals surface area contributed by atoms with E-state index in [4.69, 9.17) is 4.74 Å². The van der Waals surface area contributed by atoms with Gasteiger partial charge in [0.1, 0.15) is 0 Å². The van der Waals surface area contributed by atoms with Gasteiger partial charge in [0.2, 0.25) is 0 Å². The molecule has 14 heavy (non-hydrogen) atoms. The van der Waals surface area contributed by atoms with Crippen molar-refractivity contribution in [2.24, 2.45) is 5.41 Å². The first-order valence-corrected chi connectivity index (χ1v) is 5.74. The Morgan fingerprint density at radius 1 is 1.14 bits per heavy atom. The Balaban J connectivity index is 2.30. The quantitative estimate of drug-likeness (QED) is 0.677. The fourth-order valence-corrected chi connectivity index (χ4v) is 1.96. The number of morpholine rings is 1. The zero-order valence-corrected chi connectivity index (χ0v) is 10.3. The number of hydrogen-bond acceptors (Lipinski definition) is 2. The fraction of sp³-hybridized carbons (Fsp3) is 1.00. The molecule has 1 fully saturated rings. The molecule has 2 atom stereocenters. The SMILES string of the molecule is C[C@H]1CN(CCC(C)(C)C)C[C@H](C)O1. The summed E-state index contributed by atoms with van der Waals surface area (Å²) < 4.78 is 5.71. The van der Waals surface area contributed by atoms with Crippen LogP contribution in [0.2, 0.25) is 0 Å². The lowest BCUT2D eigenvalue weighted by molar-refractivity contribution is -0.0697. The molecule has 0 saturated carbocycles. The maximum Gasteiger partial charge on any atom is 0.0678 e. The highest BCUT2D eigenvalue weighted by atomic mass is 16.5. The lowest BCUT2D eigenvalue weighted by atomic mass is 9.92. The Hall–Kier alpha value is -0.0800. The van der Waals surface area contributed by atoms with E-state index in [2.05, 4.69) is 39.5 Å². The van der Waals surface area contributed by atoms with Gasteiger partial charge in [-0.3, -0.25) is 4.90 Å². The van der Waals surface area contributed by atoms with Crippen molar-refractivity contribution < 1.29 is 4.74 Å². The van der Waals surface area contributed by atoms with E-state index in [0.29, 0.717) is 17.6 Å². The lowest BCUT2D eigenvalue weighted by Gasteiger charge is -2.36. The molecule has 1 aliphatic heterocycles. The van der Waals surface area contributed by atoms with Crippen molar-refractivity contribution >= 4 is 0 Å². The van der Waals surface area contributed by atoms with Crippen LogP contribution < -0.4 is 0 Å². The van der Waals surface area contributed by atoms with Crippen LogP contribution in [0.25, 0.3) is 0 Å². The first-order valence-electron chi connectivity index (χ1n) is 5.74. The van der Waals surface area contributed by atoms with Crippen LogP contribution in [0.4, 0.5) is 0 Å². The second-order valence-corrected chi connectivity index (χ2v) is 5.83. The molecule has 0 bridgehead atoms. The fourth-order valence-electron chi connectivity index (χ4n) is 1.96. The molecule has 0 aliphatic carbocycles. The molecular weight excluding hydrogens is 174 g/mol. The third-order valence-electron chi connectivity index (χ3n) is 2.67. The summed E-state index contributed by atoms with van der Waals surface area (Å²) in [6.45, 7) is 14.7. The van der Waals surface area contributed by atoms with Crippen molar-refractivity contribution in [2.45, 2.75) is 53.2 Å². The smallest absolute Gasteiger partial charge is 0.0678 e. The highest BCUT2D eigenvalue weighted by Crippen LogP contribution is 2.20. The van der Waals surface area contributed by atoms with Crippen LogP contribution in [0, 0.1) is 5.41 Å². The first-order chi connectivity index (χ1) is 6.37. The second-order valence-electron chi connectivity index (χ2n) is 5.83. The Morgan fingerprint density at radius 3 is 2.07 bits per heavy atom. The Morgan fingerprint density at radius 2 is 1.64 bits per heavy atom. The number of rotatable bonds is 2. The van der Waals surface area contributed by atoms with Gasteiger partial charge in [-0.25, -0.2) is 0 Å². The maximum absolute atomic E-state index is 5.71. The zero-order chi connectivity index (χ0) is 10.8. The highest BCUT2D eigenvalue weighted by molar-refractivity contribution is 4.74. The van der Waals surface area contributed by atoms with Crippen molar-refractivity contribution in [1.82, 2.24) is 4.90 Å². The predicted molar refractivity (Wildman–Crippen MR) is 60.5 cm³/mol. The van der Waals surface area contributed by atoms with Gasteiger partial charge in [-0.05, 0) is 32.2 Å². The summed E-state index contributed by atoms with van der Waals surface area (Å²) in [7, 11) is 0. The molecule has 1 heterocycles. The minimum Gasteiger partial charge on any atom is -0.373 e. The molecule has 84 valence electrons. The van der Waals surface area contributed by atoms with Crippen molar-refractivity contribution in [3.8, 4) is 0 Å². The number of ether oxygens (including phenoxy) is 1. The van der Waals surface area contributed by atoms with Crippen molar-refractivity contribution in [3.05, 3.63) is 0 Å². The van der Waals surface area contributed by atoms with E-state index in [-0.39, 0.29) is 0 Å². The molecule has 0 amide bonds. The van der Waals surface area contributed by atoms with E-state index in [9.17, 15) is 0 Å². The molecule has 2 heteroatoms. The topological polar surface area (TPSA) is 12.5 Å².